The van der Waals surface area contributed by atoms with Gasteiger partial charge in [0.2, 0.25) is 0 Å². The van der Waals surface area contributed by atoms with Gasteiger partial charge in [0.15, 0.2) is 0 Å². The van der Waals surface area contributed by atoms with E-state index in [-0.39, 0.29) is 12.5 Å². The highest BCUT2D eigenvalue weighted by Crippen LogP contribution is 2.25. The fourth-order valence-electron chi connectivity index (χ4n) is 2.36. The molecule has 2 rings (SSSR count). The highest BCUT2D eigenvalue weighted by Gasteiger charge is 2.26. The molecule has 6 nitrogen and oxygen atoms in total. The summed E-state index contributed by atoms with van der Waals surface area (Å²) in [6.07, 6.45) is 0.0898. The van der Waals surface area contributed by atoms with Gasteiger partial charge in [-0.1, -0.05) is 0 Å². The van der Waals surface area contributed by atoms with Crippen molar-refractivity contribution in [3.8, 4) is 0 Å². The van der Waals surface area contributed by atoms with E-state index in [0.29, 0.717) is 17.1 Å². The molecule has 0 spiro atoms. The third kappa shape index (κ3) is 3.66. The molecular formula is C14H18N2O4S. The molecule has 0 aromatic carbocycles. The zero-order valence-electron chi connectivity index (χ0n) is 12.0. The van der Waals surface area contributed by atoms with Crippen LogP contribution in [0.25, 0.3) is 0 Å². The summed E-state index contributed by atoms with van der Waals surface area (Å²) in [4.78, 5) is 29.0. The number of hydrogen-bond donors (Lipinski definition) is 1. The zero-order valence-corrected chi connectivity index (χ0v) is 12.9. The van der Waals surface area contributed by atoms with E-state index in [4.69, 9.17) is 9.84 Å². The number of thioether (sulfide) groups is 1. The molecule has 1 unspecified atom stereocenters. The van der Waals surface area contributed by atoms with E-state index in [1.54, 1.807) is 30.8 Å². The third-order valence-corrected chi connectivity index (χ3v) is 4.50. The topological polar surface area (TPSA) is 79.7 Å². The van der Waals surface area contributed by atoms with Gasteiger partial charge in [-0.25, -0.2) is 9.78 Å². The molecule has 2 heterocycles. The second-order valence-corrected chi connectivity index (χ2v) is 5.96. The van der Waals surface area contributed by atoms with Crippen LogP contribution in [0.5, 0.6) is 0 Å². The van der Waals surface area contributed by atoms with Crippen LogP contribution < -0.4 is 4.90 Å². The van der Waals surface area contributed by atoms with E-state index in [2.05, 4.69) is 4.98 Å². The molecule has 0 saturated carbocycles. The van der Waals surface area contributed by atoms with Gasteiger partial charge in [0, 0.05) is 24.1 Å². The quantitative estimate of drug-likeness (QED) is 0.846. The highest BCUT2D eigenvalue weighted by atomic mass is 32.2. The predicted octanol–water partition coefficient (Wildman–Crippen LogP) is 1.57. The highest BCUT2D eigenvalue weighted by molar-refractivity contribution is 7.99. The van der Waals surface area contributed by atoms with E-state index < -0.39 is 11.9 Å². The van der Waals surface area contributed by atoms with Crippen molar-refractivity contribution in [2.24, 2.45) is 0 Å². The SMILES string of the molecule is COC(=O)c1ccc(N2CCSCC2CC(=O)O)nc1C. The summed E-state index contributed by atoms with van der Waals surface area (Å²) in [5.41, 5.74) is 1.02. The molecule has 21 heavy (non-hydrogen) atoms. The van der Waals surface area contributed by atoms with Crippen LogP contribution in [-0.4, -0.2) is 53.2 Å². The van der Waals surface area contributed by atoms with Gasteiger partial charge in [-0.3, -0.25) is 4.79 Å². The molecule has 1 N–H and O–H groups in total. The third-order valence-electron chi connectivity index (χ3n) is 3.41. The van der Waals surface area contributed by atoms with Crippen LogP contribution in [-0.2, 0) is 9.53 Å². The number of rotatable bonds is 4. The maximum absolute atomic E-state index is 11.6. The smallest absolute Gasteiger partial charge is 0.339 e. The fraction of sp³-hybridized carbons (Fsp3) is 0.500. The van der Waals surface area contributed by atoms with Crippen LogP contribution in [0.3, 0.4) is 0 Å². The molecule has 1 fully saturated rings. The molecule has 0 radical (unpaired) electrons. The zero-order chi connectivity index (χ0) is 15.4. The molecule has 1 aromatic heterocycles. The molecule has 1 atom stereocenters. The van der Waals surface area contributed by atoms with Crippen molar-refractivity contribution >= 4 is 29.5 Å². The number of esters is 1. The lowest BCUT2D eigenvalue weighted by molar-refractivity contribution is -0.137. The summed E-state index contributed by atoms with van der Waals surface area (Å²) in [5.74, 6) is 1.20. The van der Waals surface area contributed by atoms with Gasteiger partial charge in [0.05, 0.1) is 24.8 Å². The van der Waals surface area contributed by atoms with Gasteiger partial charge >= 0.3 is 11.9 Å². The number of nitrogens with zero attached hydrogens (tertiary/aromatic N) is 2. The van der Waals surface area contributed by atoms with E-state index >= 15 is 0 Å². The molecule has 0 amide bonds. The number of carbonyl (C=O) groups excluding carboxylic acids is 1. The van der Waals surface area contributed by atoms with Crippen LogP contribution in [0.2, 0.25) is 0 Å². The van der Waals surface area contributed by atoms with Gasteiger partial charge in [-0.15, -0.1) is 0 Å². The molecule has 0 aliphatic carbocycles. The van der Waals surface area contributed by atoms with E-state index in [1.165, 1.54) is 7.11 Å². The van der Waals surface area contributed by atoms with Crippen molar-refractivity contribution in [2.75, 3.05) is 30.1 Å². The lowest BCUT2D eigenvalue weighted by Gasteiger charge is -2.35. The van der Waals surface area contributed by atoms with Crippen molar-refractivity contribution in [3.63, 3.8) is 0 Å². The monoisotopic (exact) mass is 310 g/mol. The minimum atomic E-state index is -0.810. The number of methoxy groups -OCH3 is 1. The Labute approximate surface area is 127 Å². The Balaban J connectivity index is 2.25. The standard InChI is InChI=1S/C14H18N2O4S/c1-9-11(14(19)20-2)3-4-12(15-9)16-5-6-21-8-10(16)7-13(17)18/h3-4,10H,5-8H2,1-2H3,(H,17,18). The number of anilines is 1. The fourth-order valence-corrected chi connectivity index (χ4v) is 3.42. The van der Waals surface area contributed by atoms with Crippen molar-refractivity contribution in [2.45, 2.75) is 19.4 Å². The average molecular weight is 310 g/mol. The first-order valence-corrected chi connectivity index (χ1v) is 7.80. The van der Waals surface area contributed by atoms with Crippen molar-refractivity contribution in [1.82, 2.24) is 4.98 Å². The minimum absolute atomic E-state index is 0.0721. The maximum atomic E-state index is 11.6. The van der Waals surface area contributed by atoms with Crippen LogP contribution >= 0.6 is 11.8 Å². The Morgan fingerprint density at radius 1 is 1.52 bits per heavy atom. The van der Waals surface area contributed by atoms with E-state index in [9.17, 15) is 9.59 Å². The predicted molar refractivity (Wildman–Crippen MR) is 81.0 cm³/mol. The number of aliphatic carboxylic acids is 1. The minimum Gasteiger partial charge on any atom is -0.481 e. The van der Waals surface area contributed by atoms with Crippen LogP contribution in [0.4, 0.5) is 5.82 Å². The summed E-state index contributed by atoms with van der Waals surface area (Å²) in [7, 11) is 1.33. The Kier molecular flexibility index (Phi) is 5.06. The number of carboxylic acids is 1. The Morgan fingerprint density at radius 2 is 2.29 bits per heavy atom. The van der Waals surface area contributed by atoms with Crippen LogP contribution in [0, 0.1) is 6.92 Å². The van der Waals surface area contributed by atoms with Crippen LogP contribution in [0.15, 0.2) is 12.1 Å². The molecular weight excluding hydrogens is 292 g/mol. The molecule has 0 bridgehead atoms. The second-order valence-electron chi connectivity index (χ2n) is 4.81. The summed E-state index contributed by atoms with van der Waals surface area (Å²) in [6.45, 7) is 2.51. The number of ether oxygens (including phenoxy) is 1. The molecule has 1 aliphatic heterocycles. The van der Waals surface area contributed by atoms with Gasteiger partial charge in [-0.2, -0.15) is 11.8 Å². The lowest BCUT2D eigenvalue weighted by Crippen LogP contribution is -2.44. The number of pyridine rings is 1. The number of hydrogen-bond acceptors (Lipinski definition) is 6. The van der Waals surface area contributed by atoms with Crippen LogP contribution in [0.1, 0.15) is 22.5 Å². The van der Waals surface area contributed by atoms with Crippen molar-refractivity contribution < 1.29 is 19.4 Å². The second kappa shape index (κ2) is 6.80. The summed E-state index contributed by atoms with van der Waals surface area (Å²) in [6, 6.07) is 3.37. The molecule has 1 aliphatic rings. The maximum Gasteiger partial charge on any atom is 0.339 e. The van der Waals surface area contributed by atoms with E-state index in [0.717, 1.165) is 18.1 Å². The Morgan fingerprint density at radius 3 is 2.90 bits per heavy atom. The number of carbonyl (C=O) groups is 2. The first-order valence-electron chi connectivity index (χ1n) is 6.65. The number of aryl methyl sites for hydroxylation is 1. The number of carboxylic acid groups (broad SMARTS) is 1. The summed E-state index contributed by atoms with van der Waals surface area (Å²) >= 11 is 1.75. The van der Waals surface area contributed by atoms with Crippen molar-refractivity contribution in [1.29, 1.82) is 0 Å². The van der Waals surface area contributed by atoms with E-state index in [1.807, 2.05) is 4.90 Å². The van der Waals surface area contributed by atoms with Gasteiger partial charge < -0.3 is 14.7 Å². The largest absolute Gasteiger partial charge is 0.481 e. The molecule has 1 aromatic rings. The summed E-state index contributed by atoms with van der Waals surface area (Å²) < 4.78 is 4.70. The average Bonchev–Trinajstić information content (AvgIpc) is 2.46. The van der Waals surface area contributed by atoms with Gasteiger partial charge in [-0.05, 0) is 19.1 Å². The van der Waals surface area contributed by atoms with Gasteiger partial charge in [0.1, 0.15) is 5.82 Å². The first kappa shape index (κ1) is 15.6. The molecule has 7 heteroatoms. The Hall–Kier alpha value is -1.76. The van der Waals surface area contributed by atoms with Gasteiger partial charge in [0.25, 0.3) is 0 Å². The van der Waals surface area contributed by atoms with Crippen molar-refractivity contribution in [3.05, 3.63) is 23.4 Å². The molecule has 1 saturated heterocycles. The summed E-state index contributed by atoms with van der Waals surface area (Å²) in [5, 5.41) is 9.02. The Bertz CT molecular complexity index is 550. The lowest BCUT2D eigenvalue weighted by atomic mass is 10.1. The number of aromatic nitrogens is 1. The first-order chi connectivity index (χ1) is 10.0. The molecule has 114 valence electrons. The normalized spacial score (nSPS) is 18.4.